The van der Waals surface area contributed by atoms with Crippen molar-refractivity contribution in [1.82, 2.24) is 0 Å². The van der Waals surface area contributed by atoms with Gasteiger partial charge >= 0.3 is 11.9 Å². The van der Waals surface area contributed by atoms with Gasteiger partial charge in [0, 0.05) is 6.42 Å². The lowest BCUT2D eigenvalue weighted by Gasteiger charge is -2.16. The van der Waals surface area contributed by atoms with E-state index in [9.17, 15) is 9.59 Å². The van der Waals surface area contributed by atoms with Crippen molar-refractivity contribution in [2.45, 2.75) is 12.5 Å². The van der Waals surface area contributed by atoms with Crippen LogP contribution in [0.4, 0.5) is 0 Å². The minimum Gasteiger partial charge on any atom is -0.493 e. The molecular formula is C13H14O6. The van der Waals surface area contributed by atoms with Crippen molar-refractivity contribution in [2.24, 2.45) is 0 Å². The minimum atomic E-state index is -0.722. The highest BCUT2D eigenvalue weighted by Crippen LogP contribution is 2.33. The zero-order valence-electron chi connectivity index (χ0n) is 10.7. The molecule has 0 spiro atoms. The fourth-order valence-electron chi connectivity index (χ4n) is 1.80. The molecule has 0 radical (unpaired) electrons. The summed E-state index contributed by atoms with van der Waals surface area (Å²) in [5.74, 6) is -0.440. The Morgan fingerprint density at radius 2 is 2.16 bits per heavy atom. The number of hydrogen-bond donors (Lipinski definition) is 0. The van der Waals surface area contributed by atoms with Crippen molar-refractivity contribution in [3.63, 3.8) is 0 Å². The molecule has 0 N–H and O–H groups in total. The lowest BCUT2D eigenvalue weighted by Crippen LogP contribution is -2.23. The molecule has 0 saturated carbocycles. The minimum absolute atomic E-state index is 0.195. The number of carbonyl (C=O) groups excluding carboxylic acids is 2. The molecule has 0 bridgehead atoms. The van der Waals surface area contributed by atoms with E-state index in [0.717, 1.165) is 0 Å². The molecule has 19 heavy (non-hydrogen) atoms. The van der Waals surface area contributed by atoms with Crippen LogP contribution in [0.1, 0.15) is 16.8 Å². The number of hydrogen-bond acceptors (Lipinski definition) is 6. The maximum Gasteiger partial charge on any atom is 0.347 e. The summed E-state index contributed by atoms with van der Waals surface area (Å²) in [7, 11) is 2.73. The Balaban J connectivity index is 2.35. The van der Waals surface area contributed by atoms with Gasteiger partial charge in [0.15, 0.2) is 17.6 Å². The monoisotopic (exact) mass is 266 g/mol. The van der Waals surface area contributed by atoms with Gasteiger partial charge in [-0.15, -0.1) is 0 Å². The Bertz CT molecular complexity index is 496. The Morgan fingerprint density at radius 3 is 2.74 bits per heavy atom. The van der Waals surface area contributed by atoms with Crippen LogP contribution in [0.25, 0.3) is 0 Å². The van der Waals surface area contributed by atoms with E-state index in [1.807, 2.05) is 0 Å². The van der Waals surface area contributed by atoms with Gasteiger partial charge in [-0.05, 0) is 12.1 Å². The van der Waals surface area contributed by atoms with Gasteiger partial charge in [-0.25, -0.2) is 9.59 Å². The van der Waals surface area contributed by atoms with Crippen molar-refractivity contribution in [3.05, 3.63) is 23.8 Å². The zero-order chi connectivity index (χ0) is 13.8. The average molecular weight is 266 g/mol. The van der Waals surface area contributed by atoms with Crippen molar-refractivity contribution in [2.75, 3.05) is 20.8 Å². The van der Waals surface area contributed by atoms with Crippen LogP contribution in [-0.4, -0.2) is 38.9 Å². The maximum absolute atomic E-state index is 11.7. The smallest absolute Gasteiger partial charge is 0.347 e. The number of para-hydroxylation sites is 1. The summed E-state index contributed by atoms with van der Waals surface area (Å²) < 4.78 is 20.2. The van der Waals surface area contributed by atoms with Crippen LogP contribution in [0.3, 0.4) is 0 Å². The third-order valence-corrected chi connectivity index (χ3v) is 2.75. The largest absolute Gasteiger partial charge is 0.493 e. The Kier molecular flexibility index (Phi) is 3.89. The highest BCUT2D eigenvalue weighted by molar-refractivity contribution is 5.93. The molecule has 1 aromatic carbocycles. The van der Waals surface area contributed by atoms with Crippen LogP contribution in [0.15, 0.2) is 18.2 Å². The second-order valence-electron chi connectivity index (χ2n) is 3.89. The molecule has 6 nitrogen and oxygen atoms in total. The molecule has 1 heterocycles. The second-order valence-corrected chi connectivity index (χ2v) is 3.89. The number of carbonyl (C=O) groups is 2. The lowest BCUT2D eigenvalue weighted by atomic mass is 10.2. The summed E-state index contributed by atoms with van der Waals surface area (Å²) in [4.78, 5) is 23.1. The fraction of sp³-hybridized carbons (Fsp3) is 0.385. The maximum atomic E-state index is 11.7. The van der Waals surface area contributed by atoms with Crippen LogP contribution < -0.4 is 9.47 Å². The van der Waals surface area contributed by atoms with Gasteiger partial charge < -0.3 is 18.9 Å². The molecule has 1 atom stereocenters. The van der Waals surface area contributed by atoms with Gasteiger partial charge in [-0.3, -0.25) is 0 Å². The molecule has 1 unspecified atom stereocenters. The van der Waals surface area contributed by atoms with Gasteiger partial charge in [-0.2, -0.15) is 0 Å². The van der Waals surface area contributed by atoms with Crippen molar-refractivity contribution < 1.29 is 28.5 Å². The molecule has 102 valence electrons. The van der Waals surface area contributed by atoms with Gasteiger partial charge in [0.05, 0.1) is 20.8 Å². The Labute approximate surface area is 110 Å². The summed E-state index contributed by atoms with van der Waals surface area (Å²) in [6, 6.07) is 4.83. The predicted octanol–water partition coefficient (Wildman–Crippen LogP) is 1.18. The summed E-state index contributed by atoms with van der Waals surface area (Å²) >= 11 is 0. The molecule has 0 amide bonds. The summed E-state index contributed by atoms with van der Waals surface area (Å²) in [6.45, 7) is 0.312. The first-order valence-corrected chi connectivity index (χ1v) is 5.76. The van der Waals surface area contributed by atoms with E-state index in [0.29, 0.717) is 18.8 Å². The molecule has 1 aliphatic rings. The Hall–Kier alpha value is -2.24. The van der Waals surface area contributed by atoms with E-state index in [2.05, 4.69) is 4.74 Å². The summed E-state index contributed by atoms with van der Waals surface area (Å²) in [5, 5.41) is 0. The standard InChI is InChI=1S/C13H14O6/c1-16-9-5-3-4-8(12(14)17-2)11(9)19-10-6-7-18-13(10)15/h3-5,10H,6-7H2,1-2H3. The molecule has 0 aromatic heterocycles. The molecule has 1 fully saturated rings. The second kappa shape index (κ2) is 5.60. The fourth-order valence-corrected chi connectivity index (χ4v) is 1.80. The number of cyclic esters (lactones) is 1. The lowest BCUT2D eigenvalue weighted by molar-refractivity contribution is -0.143. The van der Waals surface area contributed by atoms with Crippen LogP contribution in [0.2, 0.25) is 0 Å². The number of methoxy groups -OCH3 is 2. The normalized spacial score (nSPS) is 17.8. The molecular weight excluding hydrogens is 252 g/mol. The van der Waals surface area contributed by atoms with E-state index in [1.54, 1.807) is 18.2 Å². The van der Waals surface area contributed by atoms with Crippen molar-refractivity contribution in [1.29, 1.82) is 0 Å². The highest BCUT2D eigenvalue weighted by Gasteiger charge is 2.31. The highest BCUT2D eigenvalue weighted by atomic mass is 16.6. The van der Waals surface area contributed by atoms with Gasteiger partial charge in [0.25, 0.3) is 0 Å². The number of ether oxygens (including phenoxy) is 4. The predicted molar refractivity (Wildman–Crippen MR) is 64.3 cm³/mol. The van der Waals surface area contributed by atoms with Crippen molar-refractivity contribution in [3.8, 4) is 11.5 Å². The van der Waals surface area contributed by atoms with E-state index < -0.39 is 18.0 Å². The average Bonchev–Trinajstić information content (AvgIpc) is 2.83. The van der Waals surface area contributed by atoms with Crippen LogP contribution in [0.5, 0.6) is 11.5 Å². The van der Waals surface area contributed by atoms with E-state index in [4.69, 9.17) is 14.2 Å². The van der Waals surface area contributed by atoms with Crippen molar-refractivity contribution >= 4 is 11.9 Å². The van der Waals surface area contributed by atoms with Gasteiger partial charge in [-0.1, -0.05) is 6.07 Å². The molecule has 2 rings (SSSR count). The summed E-state index contributed by atoms with van der Waals surface area (Å²) in [6.07, 6.45) is -0.281. The van der Waals surface area contributed by atoms with Gasteiger partial charge in [0.2, 0.25) is 0 Å². The third kappa shape index (κ3) is 2.62. The van der Waals surface area contributed by atoms with Gasteiger partial charge in [0.1, 0.15) is 5.56 Å². The summed E-state index contributed by atoms with van der Waals surface area (Å²) in [5.41, 5.74) is 0.210. The first-order chi connectivity index (χ1) is 9.17. The first-order valence-electron chi connectivity index (χ1n) is 5.76. The zero-order valence-corrected chi connectivity index (χ0v) is 10.7. The van der Waals surface area contributed by atoms with Crippen LogP contribution >= 0.6 is 0 Å². The SMILES string of the molecule is COC(=O)c1cccc(OC)c1OC1CCOC1=O. The molecule has 1 aliphatic heterocycles. The first kappa shape index (κ1) is 13.2. The topological polar surface area (TPSA) is 71.1 Å². The van der Waals surface area contributed by atoms with E-state index >= 15 is 0 Å². The van der Waals surface area contributed by atoms with E-state index in [-0.39, 0.29) is 11.3 Å². The number of benzene rings is 1. The third-order valence-electron chi connectivity index (χ3n) is 2.75. The number of rotatable bonds is 4. The number of esters is 2. The van der Waals surface area contributed by atoms with Crippen LogP contribution in [0, 0.1) is 0 Å². The molecule has 6 heteroatoms. The quantitative estimate of drug-likeness (QED) is 0.762. The van der Waals surface area contributed by atoms with Crippen LogP contribution in [-0.2, 0) is 14.3 Å². The van der Waals surface area contributed by atoms with E-state index in [1.165, 1.54) is 14.2 Å². The molecule has 1 saturated heterocycles. The molecule has 0 aliphatic carbocycles. The molecule has 1 aromatic rings. The Morgan fingerprint density at radius 1 is 1.37 bits per heavy atom.